The number of likely N-dealkylation sites (tertiary alicyclic amines) is 1. The highest BCUT2D eigenvalue weighted by Gasteiger charge is 2.41. The molecule has 27 heavy (non-hydrogen) atoms. The van der Waals surface area contributed by atoms with Crippen molar-refractivity contribution in [2.45, 2.75) is 25.7 Å². The highest BCUT2D eigenvalue weighted by atomic mass is 16.5. The van der Waals surface area contributed by atoms with E-state index in [4.69, 9.17) is 4.74 Å². The maximum absolute atomic E-state index is 12.5. The summed E-state index contributed by atoms with van der Waals surface area (Å²) >= 11 is 0. The van der Waals surface area contributed by atoms with E-state index in [1.165, 1.54) is 0 Å². The molecule has 0 radical (unpaired) electrons. The third kappa shape index (κ3) is 4.47. The van der Waals surface area contributed by atoms with Crippen LogP contribution in [0.2, 0.25) is 0 Å². The number of carboxylic acid groups (broad SMARTS) is 1. The van der Waals surface area contributed by atoms with Gasteiger partial charge in [-0.2, -0.15) is 0 Å². The quantitative estimate of drug-likeness (QED) is 0.815. The molecule has 2 aliphatic rings. The molecule has 7 heteroatoms. The van der Waals surface area contributed by atoms with Crippen molar-refractivity contribution in [2.24, 2.45) is 11.3 Å². The number of amides is 2. The summed E-state index contributed by atoms with van der Waals surface area (Å²) in [6.07, 6.45) is 2.00. The van der Waals surface area contributed by atoms with Crippen molar-refractivity contribution in [3.63, 3.8) is 0 Å². The van der Waals surface area contributed by atoms with Gasteiger partial charge in [-0.05, 0) is 37.8 Å². The zero-order valence-electron chi connectivity index (χ0n) is 15.4. The Morgan fingerprint density at radius 3 is 2.33 bits per heavy atom. The maximum atomic E-state index is 12.5. The highest BCUT2D eigenvalue weighted by Crippen LogP contribution is 2.30. The Kier molecular flexibility index (Phi) is 6.11. The van der Waals surface area contributed by atoms with E-state index in [0.717, 1.165) is 0 Å². The summed E-state index contributed by atoms with van der Waals surface area (Å²) in [7, 11) is 0. The number of hydrogen-bond donors (Lipinski definition) is 2. The van der Waals surface area contributed by atoms with Gasteiger partial charge >= 0.3 is 5.97 Å². The van der Waals surface area contributed by atoms with Crippen molar-refractivity contribution < 1.29 is 24.2 Å². The molecule has 0 unspecified atom stereocenters. The Morgan fingerprint density at radius 1 is 1.11 bits per heavy atom. The number of carbonyl (C=O) groups excluding carboxylic acids is 2. The molecule has 0 atom stereocenters. The van der Waals surface area contributed by atoms with E-state index in [1.54, 1.807) is 17.0 Å². The minimum atomic E-state index is -0.933. The standard InChI is InChI=1S/C20H26N2O5/c23-17(21-14-20(19(25)26)8-12-27-13-9-20)15-6-10-22(11-7-15)18(24)16-4-2-1-3-5-16/h1-5,15H,6-14H2,(H,21,23)(H,25,26). The van der Waals surface area contributed by atoms with E-state index >= 15 is 0 Å². The predicted molar refractivity (Wildman–Crippen MR) is 98.2 cm³/mol. The van der Waals surface area contributed by atoms with Gasteiger partial charge in [0.15, 0.2) is 0 Å². The second-order valence-electron chi connectivity index (χ2n) is 7.35. The lowest BCUT2D eigenvalue weighted by Gasteiger charge is -2.35. The fourth-order valence-electron chi connectivity index (χ4n) is 3.74. The van der Waals surface area contributed by atoms with Gasteiger partial charge in [-0.15, -0.1) is 0 Å². The van der Waals surface area contributed by atoms with Crippen LogP contribution in [0.5, 0.6) is 0 Å². The third-order valence-corrected chi connectivity index (χ3v) is 5.68. The van der Waals surface area contributed by atoms with E-state index in [9.17, 15) is 19.5 Å². The summed E-state index contributed by atoms with van der Waals surface area (Å²) < 4.78 is 5.26. The van der Waals surface area contributed by atoms with Gasteiger partial charge in [0.2, 0.25) is 5.91 Å². The molecule has 3 rings (SSSR count). The number of aliphatic carboxylic acids is 1. The number of nitrogens with one attached hydrogen (secondary N) is 1. The fraction of sp³-hybridized carbons (Fsp3) is 0.550. The van der Waals surface area contributed by atoms with Crippen LogP contribution in [-0.4, -0.2) is 60.6 Å². The Hall–Kier alpha value is -2.41. The van der Waals surface area contributed by atoms with Crippen LogP contribution < -0.4 is 5.32 Å². The summed E-state index contributed by atoms with van der Waals surface area (Å²) in [5.74, 6) is -1.19. The average Bonchev–Trinajstić information content (AvgIpc) is 2.73. The molecule has 146 valence electrons. The van der Waals surface area contributed by atoms with E-state index < -0.39 is 11.4 Å². The number of rotatable bonds is 5. The summed E-state index contributed by atoms with van der Waals surface area (Å²) in [6.45, 7) is 2.01. The van der Waals surface area contributed by atoms with Crippen LogP contribution in [0.15, 0.2) is 30.3 Å². The van der Waals surface area contributed by atoms with Crippen molar-refractivity contribution in [1.29, 1.82) is 0 Å². The van der Waals surface area contributed by atoms with Gasteiger partial charge in [-0.1, -0.05) is 18.2 Å². The Labute approximate surface area is 158 Å². The lowest BCUT2D eigenvalue weighted by molar-refractivity contribution is -0.154. The van der Waals surface area contributed by atoms with Crippen LogP contribution in [0.3, 0.4) is 0 Å². The van der Waals surface area contributed by atoms with Crippen molar-refractivity contribution in [2.75, 3.05) is 32.8 Å². The lowest BCUT2D eigenvalue weighted by Crippen LogP contribution is -2.49. The highest BCUT2D eigenvalue weighted by molar-refractivity contribution is 5.94. The molecule has 1 aromatic carbocycles. The van der Waals surface area contributed by atoms with E-state index in [0.29, 0.717) is 57.6 Å². The summed E-state index contributed by atoms with van der Waals surface area (Å²) in [5.41, 5.74) is -0.277. The zero-order chi connectivity index (χ0) is 19.3. The molecule has 2 saturated heterocycles. The molecule has 2 N–H and O–H groups in total. The number of nitrogens with zero attached hydrogens (tertiary/aromatic N) is 1. The van der Waals surface area contributed by atoms with Gasteiger partial charge in [-0.25, -0.2) is 0 Å². The normalized spacial score (nSPS) is 20.1. The molecule has 0 bridgehead atoms. The first kappa shape index (κ1) is 19.4. The molecular weight excluding hydrogens is 348 g/mol. The summed E-state index contributed by atoms with van der Waals surface area (Å²) in [4.78, 5) is 38.4. The largest absolute Gasteiger partial charge is 0.481 e. The third-order valence-electron chi connectivity index (χ3n) is 5.68. The minimum Gasteiger partial charge on any atom is -0.481 e. The second kappa shape index (κ2) is 8.52. The average molecular weight is 374 g/mol. The first-order chi connectivity index (χ1) is 13.0. The number of carboxylic acids is 1. The molecule has 0 aromatic heterocycles. The molecule has 2 aliphatic heterocycles. The van der Waals surface area contributed by atoms with Crippen LogP contribution in [0.25, 0.3) is 0 Å². The number of piperidine rings is 1. The van der Waals surface area contributed by atoms with Crippen LogP contribution >= 0.6 is 0 Å². The minimum absolute atomic E-state index is 0.0125. The molecule has 0 saturated carbocycles. The molecule has 7 nitrogen and oxygen atoms in total. The van der Waals surface area contributed by atoms with Crippen LogP contribution in [0, 0.1) is 11.3 Å². The van der Waals surface area contributed by atoms with Crippen LogP contribution in [0.4, 0.5) is 0 Å². The van der Waals surface area contributed by atoms with Gasteiger partial charge < -0.3 is 20.1 Å². The summed E-state index contributed by atoms with van der Waals surface area (Å²) in [5, 5.41) is 12.4. The summed E-state index contributed by atoms with van der Waals surface area (Å²) in [6, 6.07) is 9.13. The van der Waals surface area contributed by atoms with E-state index in [2.05, 4.69) is 5.32 Å². The molecule has 2 heterocycles. The van der Waals surface area contributed by atoms with Gasteiger partial charge in [0.1, 0.15) is 0 Å². The van der Waals surface area contributed by atoms with Crippen molar-refractivity contribution >= 4 is 17.8 Å². The van der Waals surface area contributed by atoms with Crippen molar-refractivity contribution in [3.8, 4) is 0 Å². The first-order valence-electron chi connectivity index (χ1n) is 9.45. The number of benzene rings is 1. The molecule has 0 aliphatic carbocycles. The number of carbonyl (C=O) groups is 3. The van der Waals surface area contributed by atoms with E-state index in [-0.39, 0.29) is 24.3 Å². The number of ether oxygens (including phenoxy) is 1. The lowest BCUT2D eigenvalue weighted by atomic mass is 9.80. The van der Waals surface area contributed by atoms with Gasteiger partial charge in [-0.3, -0.25) is 14.4 Å². The molecular formula is C20H26N2O5. The van der Waals surface area contributed by atoms with Gasteiger partial charge in [0, 0.05) is 44.3 Å². The fourth-order valence-corrected chi connectivity index (χ4v) is 3.74. The molecule has 1 aromatic rings. The molecule has 2 amide bonds. The monoisotopic (exact) mass is 374 g/mol. The maximum Gasteiger partial charge on any atom is 0.311 e. The van der Waals surface area contributed by atoms with Gasteiger partial charge in [0.25, 0.3) is 5.91 Å². The SMILES string of the molecule is O=C(NCC1(C(=O)O)CCOCC1)C1CCN(C(=O)c2ccccc2)CC1. The van der Waals surface area contributed by atoms with E-state index in [1.807, 2.05) is 18.2 Å². The van der Waals surface area contributed by atoms with Crippen molar-refractivity contribution in [1.82, 2.24) is 10.2 Å². The zero-order valence-corrected chi connectivity index (χ0v) is 15.4. The number of hydrogen-bond acceptors (Lipinski definition) is 4. The Bertz CT molecular complexity index is 677. The second-order valence-corrected chi connectivity index (χ2v) is 7.35. The van der Waals surface area contributed by atoms with Crippen LogP contribution in [0.1, 0.15) is 36.0 Å². The van der Waals surface area contributed by atoms with Crippen LogP contribution in [-0.2, 0) is 14.3 Å². The van der Waals surface area contributed by atoms with Gasteiger partial charge in [0.05, 0.1) is 5.41 Å². The smallest absolute Gasteiger partial charge is 0.311 e. The first-order valence-corrected chi connectivity index (χ1v) is 9.45. The Balaban J connectivity index is 1.50. The van der Waals surface area contributed by atoms with Crippen molar-refractivity contribution in [3.05, 3.63) is 35.9 Å². The predicted octanol–water partition coefficient (Wildman–Crippen LogP) is 1.54. The Morgan fingerprint density at radius 2 is 1.74 bits per heavy atom. The molecule has 2 fully saturated rings. The topological polar surface area (TPSA) is 95.9 Å². The molecule has 0 spiro atoms.